The molecule has 20 heavy (non-hydrogen) atoms. The van der Waals surface area contributed by atoms with Crippen LogP contribution in [0.4, 0.5) is 0 Å². The van der Waals surface area contributed by atoms with Gasteiger partial charge in [0, 0.05) is 30.7 Å². The summed E-state index contributed by atoms with van der Waals surface area (Å²) in [5.41, 5.74) is 9.11. The maximum atomic E-state index is 11.9. The van der Waals surface area contributed by atoms with Crippen LogP contribution in [0.2, 0.25) is 0 Å². The van der Waals surface area contributed by atoms with Crippen LogP contribution in [-0.2, 0) is 13.1 Å². The molecule has 1 aromatic heterocycles. The third-order valence-electron chi connectivity index (χ3n) is 3.56. The number of benzene rings is 2. The van der Waals surface area contributed by atoms with Crippen molar-refractivity contribution in [3.63, 3.8) is 0 Å². The van der Waals surface area contributed by atoms with Crippen LogP contribution < -0.4 is 11.2 Å². The van der Waals surface area contributed by atoms with Crippen LogP contribution in [0.15, 0.2) is 65.6 Å². The Balaban J connectivity index is 2.12. The summed E-state index contributed by atoms with van der Waals surface area (Å²) in [5.74, 6) is 0. The Labute approximate surface area is 117 Å². The van der Waals surface area contributed by atoms with E-state index in [4.69, 9.17) is 5.73 Å². The van der Waals surface area contributed by atoms with Crippen molar-refractivity contribution in [3.05, 3.63) is 82.1 Å². The third-order valence-corrected chi connectivity index (χ3v) is 3.56. The van der Waals surface area contributed by atoms with Gasteiger partial charge in [-0.2, -0.15) is 0 Å². The number of nitrogens with zero attached hydrogens (tertiary/aromatic N) is 1. The van der Waals surface area contributed by atoms with Crippen LogP contribution in [0.1, 0.15) is 11.1 Å². The van der Waals surface area contributed by atoms with Gasteiger partial charge in [0.25, 0.3) is 0 Å². The average molecular weight is 264 g/mol. The quantitative estimate of drug-likeness (QED) is 0.790. The molecule has 3 aromatic rings. The highest BCUT2D eigenvalue weighted by atomic mass is 16.1. The van der Waals surface area contributed by atoms with E-state index in [1.54, 1.807) is 6.07 Å². The Hall–Kier alpha value is -2.39. The fourth-order valence-corrected chi connectivity index (χ4v) is 2.49. The Morgan fingerprint density at radius 1 is 0.900 bits per heavy atom. The van der Waals surface area contributed by atoms with Gasteiger partial charge in [0.1, 0.15) is 0 Å². The van der Waals surface area contributed by atoms with Crippen molar-refractivity contribution < 1.29 is 0 Å². The van der Waals surface area contributed by atoms with Gasteiger partial charge in [-0.25, -0.2) is 0 Å². The molecule has 0 unspecified atom stereocenters. The molecule has 0 fully saturated rings. The molecule has 0 amide bonds. The van der Waals surface area contributed by atoms with Crippen LogP contribution in [0.5, 0.6) is 0 Å². The molecule has 1 heterocycles. The fourth-order valence-electron chi connectivity index (χ4n) is 2.49. The largest absolute Gasteiger partial charge is 0.343 e. The predicted molar refractivity (Wildman–Crippen MR) is 81.6 cm³/mol. The maximum absolute atomic E-state index is 11.9. The molecular weight excluding hydrogens is 248 g/mol. The molecule has 2 aromatic carbocycles. The van der Waals surface area contributed by atoms with Crippen molar-refractivity contribution in [1.82, 2.24) is 4.57 Å². The molecule has 3 nitrogen and oxygen atoms in total. The standard InChI is InChI=1S/C17H16N2O/c18-11-13-5-1-2-6-14(13)12-19-10-9-17(20)15-7-3-4-8-16(15)19/h1-10H,11-12,18H2. The molecule has 3 rings (SSSR count). The Morgan fingerprint density at radius 3 is 2.40 bits per heavy atom. The first-order chi connectivity index (χ1) is 9.79. The lowest BCUT2D eigenvalue weighted by atomic mass is 10.1. The number of para-hydroxylation sites is 1. The molecule has 0 spiro atoms. The Morgan fingerprint density at radius 2 is 1.60 bits per heavy atom. The highest BCUT2D eigenvalue weighted by Crippen LogP contribution is 2.14. The van der Waals surface area contributed by atoms with Crippen LogP contribution >= 0.6 is 0 Å². The summed E-state index contributed by atoms with van der Waals surface area (Å²) in [6.45, 7) is 1.24. The maximum Gasteiger partial charge on any atom is 0.189 e. The molecule has 0 radical (unpaired) electrons. The van der Waals surface area contributed by atoms with Crippen molar-refractivity contribution in [2.24, 2.45) is 5.73 Å². The SMILES string of the molecule is NCc1ccccc1Cn1ccc(=O)c2ccccc21. The van der Waals surface area contributed by atoms with Gasteiger partial charge in [0.2, 0.25) is 0 Å². The lowest BCUT2D eigenvalue weighted by Gasteiger charge is -2.13. The Kier molecular flexibility index (Phi) is 3.35. The molecule has 0 saturated heterocycles. The third kappa shape index (κ3) is 2.24. The second kappa shape index (κ2) is 5.31. The van der Waals surface area contributed by atoms with Crippen molar-refractivity contribution in [3.8, 4) is 0 Å². The first kappa shape index (κ1) is 12.6. The van der Waals surface area contributed by atoms with Crippen LogP contribution in [0.3, 0.4) is 0 Å². The first-order valence-corrected chi connectivity index (χ1v) is 6.64. The minimum atomic E-state index is 0.0592. The summed E-state index contributed by atoms with van der Waals surface area (Å²) in [7, 11) is 0. The smallest absolute Gasteiger partial charge is 0.189 e. The number of rotatable bonds is 3. The highest BCUT2D eigenvalue weighted by molar-refractivity contribution is 5.78. The van der Waals surface area contributed by atoms with E-state index in [1.165, 1.54) is 5.56 Å². The van der Waals surface area contributed by atoms with E-state index in [1.807, 2.05) is 48.7 Å². The van der Waals surface area contributed by atoms with E-state index in [-0.39, 0.29) is 5.43 Å². The number of fused-ring (bicyclic) bond motifs is 1. The average Bonchev–Trinajstić information content (AvgIpc) is 2.51. The van der Waals surface area contributed by atoms with Crippen LogP contribution in [0, 0.1) is 0 Å². The normalized spacial score (nSPS) is 10.8. The molecular formula is C17H16N2O. The van der Waals surface area contributed by atoms with Crippen molar-refractivity contribution in [2.45, 2.75) is 13.1 Å². The van der Waals surface area contributed by atoms with Crippen molar-refractivity contribution in [1.29, 1.82) is 0 Å². The zero-order valence-corrected chi connectivity index (χ0v) is 11.1. The molecule has 0 aliphatic carbocycles. The lowest BCUT2D eigenvalue weighted by molar-refractivity contribution is 0.810. The van der Waals surface area contributed by atoms with Gasteiger partial charge in [0.15, 0.2) is 5.43 Å². The number of hydrogen-bond donors (Lipinski definition) is 1. The summed E-state index contributed by atoms with van der Waals surface area (Å²) < 4.78 is 2.09. The first-order valence-electron chi connectivity index (χ1n) is 6.64. The molecule has 2 N–H and O–H groups in total. The second-order valence-corrected chi connectivity index (χ2v) is 4.80. The molecule has 0 bridgehead atoms. The number of aromatic nitrogens is 1. The van der Waals surface area contributed by atoms with E-state index >= 15 is 0 Å². The van der Waals surface area contributed by atoms with E-state index in [0.29, 0.717) is 13.1 Å². The van der Waals surface area contributed by atoms with E-state index in [0.717, 1.165) is 16.5 Å². The molecule has 3 heteroatoms. The van der Waals surface area contributed by atoms with Gasteiger partial charge in [-0.3, -0.25) is 4.79 Å². The van der Waals surface area contributed by atoms with Gasteiger partial charge in [-0.1, -0.05) is 36.4 Å². The molecule has 100 valence electrons. The van der Waals surface area contributed by atoms with Gasteiger partial charge < -0.3 is 10.3 Å². The predicted octanol–water partition coefficient (Wildman–Crippen LogP) is 2.51. The summed E-state index contributed by atoms with van der Waals surface area (Å²) in [6.07, 6.45) is 1.85. The Bertz CT molecular complexity index is 805. The zero-order valence-electron chi connectivity index (χ0n) is 11.1. The highest BCUT2D eigenvalue weighted by Gasteiger charge is 2.05. The molecule has 0 atom stereocenters. The number of nitrogens with two attached hydrogens (primary N) is 1. The van der Waals surface area contributed by atoms with Crippen molar-refractivity contribution in [2.75, 3.05) is 0 Å². The number of hydrogen-bond acceptors (Lipinski definition) is 2. The molecule has 0 aliphatic rings. The molecule has 0 aliphatic heterocycles. The van der Waals surface area contributed by atoms with E-state index in [2.05, 4.69) is 10.6 Å². The monoisotopic (exact) mass is 264 g/mol. The minimum Gasteiger partial charge on any atom is -0.343 e. The van der Waals surface area contributed by atoms with Crippen LogP contribution in [0.25, 0.3) is 10.9 Å². The van der Waals surface area contributed by atoms with E-state index < -0.39 is 0 Å². The zero-order chi connectivity index (χ0) is 13.9. The minimum absolute atomic E-state index is 0.0592. The van der Waals surface area contributed by atoms with Gasteiger partial charge in [-0.15, -0.1) is 0 Å². The summed E-state index contributed by atoms with van der Waals surface area (Å²) in [4.78, 5) is 11.9. The summed E-state index contributed by atoms with van der Waals surface area (Å²) in [6, 6.07) is 17.4. The van der Waals surface area contributed by atoms with Gasteiger partial charge >= 0.3 is 0 Å². The fraction of sp³-hybridized carbons (Fsp3) is 0.118. The lowest BCUT2D eigenvalue weighted by Crippen LogP contribution is -2.10. The van der Waals surface area contributed by atoms with Gasteiger partial charge in [0.05, 0.1) is 5.52 Å². The second-order valence-electron chi connectivity index (χ2n) is 4.80. The van der Waals surface area contributed by atoms with E-state index in [9.17, 15) is 4.79 Å². The number of pyridine rings is 1. The van der Waals surface area contributed by atoms with Gasteiger partial charge in [-0.05, 0) is 23.3 Å². The summed E-state index contributed by atoms with van der Waals surface area (Å²) in [5, 5.41) is 0.750. The topological polar surface area (TPSA) is 48.0 Å². The molecule has 0 saturated carbocycles. The summed E-state index contributed by atoms with van der Waals surface area (Å²) >= 11 is 0. The van der Waals surface area contributed by atoms with Crippen LogP contribution in [-0.4, -0.2) is 4.57 Å². The van der Waals surface area contributed by atoms with Crippen molar-refractivity contribution >= 4 is 10.9 Å².